The number of nitrogens with two attached hydrogens (primary N) is 1. The van der Waals surface area contributed by atoms with Crippen molar-refractivity contribution in [2.75, 3.05) is 13.1 Å². The van der Waals surface area contributed by atoms with Gasteiger partial charge in [0, 0.05) is 25.7 Å². The highest BCUT2D eigenvalue weighted by Gasteiger charge is 2.25. The van der Waals surface area contributed by atoms with E-state index < -0.39 is 11.6 Å². The van der Waals surface area contributed by atoms with Crippen molar-refractivity contribution in [2.24, 2.45) is 11.7 Å². The summed E-state index contributed by atoms with van der Waals surface area (Å²) in [6.07, 6.45) is 2.05. The van der Waals surface area contributed by atoms with Crippen LogP contribution in [0.1, 0.15) is 17.5 Å². The van der Waals surface area contributed by atoms with E-state index in [9.17, 15) is 8.78 Å². The Labute approximate surface area is 133 Å². The van der Waals surface area contributed by atoms with Gasteiger partial charge >= 0.3 is 0 Å². The zero-order valence-electron chi connectivity index (χ0n) is 12.3. The van der Waals surface area contributed by atoms with Crippen LogP contribution in [-0.4, -0.2) is 24.0 Å². The fourth-order valence-corrected chi connectivity index (χ4v) is 3.95. The van der Waals surface area contributed by atoms with E-state index in [1.165, 1.54) is 17.7 Å². The van der Waals surface area contributed by atoms with Crippen molar-refractivity contribution < 1.29 is 8.78 Å². The molecule has 0 aliphatic carbocycles. The highest BCUT2D eigenvalue weighted by atomic mass is 32.1. The van der Waals surface area contributed by atoms with Gasteiger partial charge in [0.2, 0.25) is 0 Å². The Bertz CT molecular complexity index is 615. The first-order valence-corrected chi connectivity index (χ1v) is 8.47. The summed E-state index contributed by atoms with van der Waals surface area (Å²) in [4.78, 5) is 2.25. The van der Waals surface area contributed by atoms with E-state index >= 15 is 0 Å². The summed E-state index contributed by atoms with van der Waals surface area (Å²) in [7, 11) is 0. The third kappa shape index (κ3) is 3.91. The Morgan fingerprint density at radius 1 is 1.14 bits per heavy atom. The van der Waals surface area contributed by atoms with Crippen LogP contribution in [0.15, 0.2) is 35.0 Å². The van der Waals surface area contributed by atoms with E-state index in [1.54, 1.807) is 17.4 Å². The predicted octanol–water partition coefficient (Wildman–Crippen LogP) is 3.42. The van der Waals surface area contributed by atoms with Gasteiger partial charge in [0.1, 0.15) is 0 Å². The largest absolute Gasteiger partial charge is 0.327 e. The number of thiophene rings is 1. The Kier molecular flexibility index (Phi) is 4.86. The lowest BCUT2D eigenvalue weighted by atomic mass is 9.89. The van der Waals surface area contributed by atoms with Gasteiger partial charge in [0.15, 0.2) is 11.6 Å². The lowest BCUT2D eigenvalue weighted by molar-refractivity contribution is 0.149. The maximum absolute atomic E-state index is 13.3. The van der Waals surface area contributed by atoms with Crippen LogP contribution < -0.4 is 5.73 Å². The van der Waals surface area contributed by atoms with Gasteiger partial charge in [-0.1, -0.05) is 6.07 Å². The summed E-state index contributed by atoms with van der Waals surface area (Å²) < 4.78 is 26.3. The zero-order chi connectivity index (χ0) is 15.5. The molecule has 2 unspecified atom stereocenters. The first-order chi connectivity index (χ1) is 10.6. The molecule has 2 aromatic rings. The lowest BCUT2D eigenvalue weighted by Crippen LogP contribution is -2.47. The van der Waals surface area contributed by atoms with Crippen molar-refractivity contribution in [2.45, 2.75) is 25.4 Å². The molecule has 1 aliphatic heterocycles. The van der Waals surface area contributed by atoms with E-state index in [0.29, 0.717) is 12.5 Å². The molecule has 2 heterocycles. The fourth-order valence-electron chi connectivity index (χ4n) is 3.26. The molecule has 1 aromatic heterocycles. The summed E-state index contributed by atoms with van der Waals surface area (Å²) in [5.74, 6) is -1.06. The molecule has 1 fully saturated rings. The van der Waals surface area contributed by atoms with Crippen LogP contribution >= 0.6 is 11.3 Å². The first kappa shape index (κ1) is 15.6. The summed E-state index contributed by atoms with van der Waals surface area (Å²) in [6, 6.07) is 6.42. The molecule has 1 aromatic carbocycles. The van der Waals surface area contributed by atoms with Crippen molar-refractivity contribution in [3.63, 3.8) is 0 Å². The molecule has 2 nitrogen and oxygen atoms in total. The number of halogens is 2. The molecule has 2 N–H and O–H groups in total. The molecule has 0 spiro atoms. The molecule has 0 saturated carbocycles. The molecule has 5 heteroatoms. The highest BCUT2D eigenvalue weighted by molar-refractivity contribution is 7.07. The standard InChI is InChI=1S/C17H20F2N2S/c18-16-2-1-12(7-17(16)19)8-21-9-14(6-15(20)10-21)5-13-3-4-22-11-13/h1-4,7,11,14-15H,5-6,8-10,20H2. The number of rotatable bonds is 4. The average Bonchev–Trinajstić information content (AvgIpc) is 2.95. The maximum atomic E-state index is 13.3. The number of likely N-dealkylation sites (tertiary alicyclic amines) is 1. The molecule has 0 radical (unpaired) electrons. The molecular formula is C17H20F2N2S. The average molecular weight is 322 g/mol. The molecular weight excluding hydrogens is 302 g/mol. The Morgan fingerprint density at radius 2 is 2.00 bits per heavy atom. The summed E-state index contributed by atoms with van der Waals surface area (Å²) >= 11 is 1.71. The second-order valence-electron chi connectivity index (χ2n) is 6.14. The van der Waals surface area contributed by atoms with Crippen LogP contribution in [0.2, 0.25) is 0 Å². The third-order valence-electron chi connectivity index (χ3n) is 4.14. The van der Waals surface area contributed by atoms with Crippen LogP contribution in [0.5, 0.6) is 0 Å². The molecule has 0 amide bonds. The van der Waals surface area contributed by atoms with Gasteiger partial charge in [-0.25, -0.2) is 8.78 Å². The second kappa shape index (κ2) is 6.86. The summed E-state index contributed by atoms with van der Waals surface area (Å²) in [5, 5.41) is 4.27. The smallest absolute Gasteiger partial charge is 0.159 e. The van der Waals surface area contributed by atoms with Crippen LogP contribution in [-0.2, 0) is 13.0 Å². The van der Waals surface area contributed by atoms with Crippen molar-refractivity contribution in [1.82, 2.24) is 4.90 Å². The normalized spacial score (nSPS) is 22.9. The van der Waals surface area contributed by atoms with E-state index in [2.05, 4.69) is 21.7 Å². The summed E-state index contributed by atoms with van der Waals surface area (Å²) in [6.45, 7) is 2.37. The van der Waals surface area contributed by atoms with Gasteiger partial charge in [0.25, 0.3) is 0 Å². The zero-order valence-corrected chi connectivity index (χ0v) is 13.2. The van der Waals surface area contributed by atoms with Crippen LogP contribution in [0, 0.1) is 17.6 Å². The van der Waals surface area contributed by atoms with Crippen LogP contribution in [0.3, 0.4) is 0 Å². The minimum absolute atomic E-state index is 0.141. The molecule has 1 saturated heterocycles. The number of nitrogens with zero attached hydrogens (tertiary/aromatic N) is 1. The van der Waals surface area contributed by atoms with Gasteiger partial charge in [-0.3, -0.25) is 4.90 Å². The Balaban J connectivity index is 1.64. The number of benzene rings is 1. The molecule has 3 rings (SSSR count). The van der Waals surface area contributed by atoms with Gasteiger partial charge in [-0.2, -0.15) is 11.3 Å². The van der Waals surface area contributed by atoms with Gasteiger partial charge in [0.05, 0.1) is 0 Å². The highest BCUT2D eigenvalue weighted by Crippen LogP contribution is 2.23. The van der Waals surface area contributed by atoms with Gasteiger partial charge in [-0.05, 0) is 58.8 Å². The lowest BCUT2D eigenvalue weighted by Gasteiger charge is -2.36. The number of piperidine rings is 1. The van der Waals surface area contributed by atoms with Crippen molar-refractivity contribution in [3.05, 3.63) is 57.8 Å². The van der Waals surface area contributed by atoms with Crippen LogP contribution in [0.4, 0.5) is 8.78 Å². The number of hydrogen-bond acceptors (Lipinski definition) is 3. The minimum Gasteiger partial charge on any atom is -0.327 e. The van der Waals surface area contributed by atoms with Crippen molar-refractivity contribution in [3.8, 4) is 0 Å². The van der Waals surface area contributed by atoms with E-state index in [1.807, 2.05) is 0 Å². The Hall–Kier alpha value is -1.30. The van der Waals surface area contributed by atoms with Crippen molar-refractivity contribution >= 4 is 11.3 Å². The molecule has 1 aliphatic rings. The third-order valence-corrected chi connectivity index (χ3v) is 4.87. The monoisotopic (exact) mass is 322 g/mol. The molecule has 2 atom stereocenters. The molecule has 0 bridgehead atoms. The number of hydrogen-bond donors (Lipinski definition) is 1. The van der Waals surface area contributed by atoms with E-state index in [4.69, 9.17) is 5.73 Å². The fraction of sp³-hybridized carbons (Fsp3) is 0.412. The second-order valence-corrected chi connectivity index (χ2v) is 6.92. The minimum atomic E-state index is -0.797. The van der Waals surface area contributed by atoms with Crippen LogP contribution in [0.25, 0.3) is 0 Å². The SMILES string of the molecule is NC1CC(Cc2ccsc2)CN(Cc2ccc(F)c(F)c2)C1. The topological polar surface area (TPSA) is 29.3 Å². The van der Waals surface area contributed by atoms with Crippen molar-refractivity contribution in [1.29, 1.82) is 0 Å². The molecule has 118 valence electrons. The Morgan fingerprint density at radius 3 is 2.73 bits per heavy atom. The first-order valence-electron chi connectivity index (χ1n) is 7.53. The maximum Gasteiger partial charge on any atom is 0.159 e. The molecule has 22 heavy (non-hydrogen) atoms. The van der Waals surface area contributed by atoms with E-state index in [-0.39, 0.29) is 6.04 Å². The van der Waals surface area contributed by atoms with Gasteiger partial charge in [-0.15, -0.1) is 0 Å². The quantitative estimate of drug-likeness (QED) is 0.934. The summed E-state index contributed by atoms with van der Waals surface area (Å²) in [5.41, 5.74) is 8.33. The van der Waals surface area contributed by atoms with Gasteiger partial charge < -0.3 is 5.73 Å². The predicted molar refractivity (Wildman–Crippen MR) is 85.7 cm³/mol. The van der Waals surface area contributed by atoms with E-state index in [0.717, 1.165) is 31.5 Å².